The molecule has 0 saturated carbocycles. The van der Waals surface area contributed by atoms with E-state index in [-0.39, 0.29) is 0 Å². The van der Waals surface area contributed by atoms with Crippen LogP contribution in [0, 0.1) is 30.6 Å². The Labute approximate surface area is 172 Å². The third kappa shape index (κ3) is 7.66. The number of thiol groups is 1. The van der Waals surface area contributed by atoms with Crippen LogP contribution in [0.3, 0.4) is 0 Å². The molecule has 4 heteroatoms. The fourth-order valence-corrected chi connectivity index (χ4v) is 2.34. The van der Waals surface area contributed by atoms with Crippen LogP contribution in [0.25, 0.3) is 0 Å². The Morgan fingerprint density at radius 3 is 2.36 bits per heavy atom. The quantitative estimate of drug-likeness (QED) is 0.247. The number of hydrogen-bond acceptors (Lipinski definition) is 4. The summed E-state index contributed by atoms with van der Waals surface area (Å²) in [5.41, 5.74) is 2.89. The first-order valence-electron chi connectivity index (χ1n) is 8.92. The average molecular weight is 391 g/mol. The van der Waals surface area contributed by atoms with Crippen LogP contribution < -0.4 is 4.74 Å². The molecule has 28 heavy (non-hydrogen) atoms. The molecule has 0 bridgehead atoms. The van der Waals surface area contributed by atoms with Gasteiger partial charge in [-0.2, -0.15) is 0 Å². The summed E-state index contributed by atoms with van der Waals surface area (Å²) in [7, 11) is 0. The van der Waals surface area contributed by atoms with Gasteiger partial charge in [-0.1, -0.05) is 18.4 Å². The summed E-state index contributed by atoms with van der Waals surface area (Å²) in [5, 5.41) is 0. The highest BCUT2D eigenvalue weighted by atomic mass is 32.1. The number of carbonyl (C=O) groups is 1. The lowest BCUT2D eigenvalue weighted by molar-refractivity contribution is -0.137. The standard InChI is InChI=1S/C24H22O3S/c1-3-24(25)27-17-7-6-16-26-22-13-10-20(11-14-22)8-4-5-9-21-12-15-23(28)19(2)18-21/h3,10-15,18,28H,1,6-7,16-17H2,2H3. The molecule has 0 amide bonds. The van der Waals surface area contributed by atoms with Gasteiger partial charge in [-0.3, -0.25) is 0 Å². The van der Waals surface area contributed by atoms with Crippen molar-refractivity contribution in [3.8, 4) is 29.4 Å². The second-order valence-corrected chi connectivity index (χ2v) is 6.43. The van der Waals surface area contributed by atoms with Crippen molar-refractivity contribution in [3.63, 3.8) is 0 Å². The van der Waals surface area contributed by atoms with Crippen LogP contribution in [-0.2, 0) is 9.53 Å². The summed E-state index contributed by atoms with van der Waals surface area (Å²) in [4.78, 5) is 11.9. The Bertz CT molecular complexity index is 938. The number of esters is 1. The Hall–Kier alpha value is -3.08. The van der Waals surface area contributed by atoms with Gasteiger partial charge in [0.2, 0.25) is 0 Å². The van der Waals surface area contributed by atoms with Gasteiger partial charge < -0.3 is 9.47 Å². The summed E-state index contributed by atoms with van der Waals surface area (Å²) >= 11 is 4.35. The first kappa shape index (κ1) is 21.2. The monoisotopic (exact) mass is 390 g/mol. The van der Waals surface area contributed by atoms with Crippen LogP contribution >= 0.6 is 12.6 Å². The van der Waals surface area contributed by atoms with Crippen LogP contribution in [0.5, 0.6) is 5.75 Å². The van der Waals surface area contributed by atoms with Gasteiger partial charge in [-0.05, 0) is 79.6 Å². The molecule has 0 heterocycles. The number of rotatable bonds is 7. The average Bonchev–Trinajstić information content (AvgIpc) is 2.71. The molecule has 0 radical (unpaired) electrons. The van der Waals surface area contributed by atoms with Crippen molar-refractivity contribution in [1.82, 2.24) is 0 Å². The minimum absolute atomic E-state index is 0.377. The van der Waals surface area contributed by atoms with E-state index >= 15 is 0 Å². The molecule has 0 aromatic heterocycles. The van der Waals surface area contributed by atoms with E-state index in [1.807, 2.05) is 49.4 Å². The van der Waals surface area contributed by atoms with E-state index in [1.54, 1.807) is 0 Å². The Balaban J connectivity index is 1.76. The predicted octanol–water partition coefficient (Wildman–Crippen LogP) is 4.58. The molecular formula is C24H22O3S. The molecule has 0 unspecified atom stereocenters. The van der Waals surface area contributed by atoms with Crippen molar-refractivity contribution in [1.29, 1.82) is 0 Å². The van der Waals surface area contributed by atoms with E-state index in [0.29, 0.717) is 13.2 Å². The minimum Gasteiger partial charge on any atom is -0.494 e. The van der Waals surface area contributed by atoms with Crippen LogP contribution in [-0.4, -0.2) is 19.2 Å². The zero-order valence-electron chi connectivity index (χ0n) is 15.8. The van der Waals surface area contributed by atoms with E-state index in [9.17, 15) is 4.79 Å². The topological polar surface area (TPSA) is 35.5 Å². The zero-order chi connectivity index (χ0) is 20.2. The predicted molar refractivity (Wildman–Crippen MR) is 115 cm³/mol. The molecule has 2 rings (SSSR count). The van der Waals surface area contributed by atoms with E-state index in [1.165, 1.54) is 0 Å². The first-order chi connectivity index (χ1) is 13.6. The molecule has 3 nitrogen and oxygen atoms in total. The molecular weight excluding hydrogens is 368 g/mol. The van der Waals surface area contributed by atoms with Crippen molar-refractivity contribution in [2.24, 2.45) is 0 Å². The molecule has 0 aliphatic heterocycles. The largest absolute Gasteiger partial charge is 0.494 e. The number of carbonyl (C=O) groups excluding carboxylic acids is 1. The summed E-state index contributed by atoms with van der Waals surface area (Å²) in [5.74, 6) is 12.2. The van der Waals surface area contributed by atoms with Crippen LogP contribution in [0.4, 0.5) is 0 Å². The summed E-state index contributed by atoms with van der Waals surface area (Å²) in [6, 6.07) is 13.4. The van der Waals surface area contributed by atoms with Crippen molar-refractivity contribution in [2.75, 3.05) is 13.2 Å². The fraction of sp³-hybridized carbons (Fsp3) is 0.208. The number of aryl methyl sites for hydroxylation is 1. The summed E-state index contributed by atoms with van der Waals surface area (Å²) in [6.45, 7) is 6.29. The molecule has 0 atom stereocenters. The Morgan fingerprint density at radius 1 is 1.04 bits per heavy atom. The molecule has 0 fully saturated rings. The van der Waals surface area contributed by atoms with E-state index in [2.05, 4.69) is 42.9 Å². The molecule has 0 aliphatic carbocycles. The van der Waals surface area contributed by atoms with E-state index in [0.717, 1.165) is 46.3 Å². The SMILES string of the molecule is C=CC(=O)OCCCCOc1ccc(C#CC#Cc2ccc(S)c(C)c2)cc1. The van der Waals surface area contributed by atoms with Gasteiger partial charge in [-0.25, -0.2) is 4.79 Å². The van der Waals surface area contributed by atoms with Crippen molar-refractivity contribution in [3.05, 3.63) is 71.8 Å². The fourth-order valence-electron chi connectivity index (χ4n) is 2.20. The maximum atomic E-state index is 10.9. The molecule has 0 N–H and O–H groups in total. The second-order valence-electron chi connectivity index (χ2n) is 5.95. The minimum atomic E-state index is -0.395. The number of benzene rings is 2. The van der Waals surface area contributed by atoms with Crippen molar-refractivity contribution < 1.29 is 14.3 Å². The van der Waals surface area contributed by atoms with Gasteiger partial charge in [0.05, 0.1) is 13.2 Å². The number of ether oxygens (including phenoxy) is 2. The number of hydrogen-bond donors (Lipinski definition) is 1. The second kappa shape index (κ2) is 11.6. The maximum Gasteiger partial charge on any atom is 0.330 e. The van der Waals surface area contributed by atoms with E-state index < -0.39 is 5.97 Å². The Kier molecular flexibility index (Phi) is 8.79. The highest BCUT2D eigenvalue weighted by Crippen LogP contribution is 2.14. The van der Waals surface area contributed by atoms with Gasteiger partial charge in [-0.15, -0.1) is 12.6 Å². The first-order valence-corrected chi connectivity index (χ1v) is 9.37. The highest BCUT2D eigenvalue weighted by molar-refractivity contribution is 7.80. The van der Waals surface area contributed by atoms with Crippen LogP contribution in [0.1, 0.15) is 29.5 Å². The van der Waals surface area contributed by atoms with Crippen molar-refractivity contribution in [2.45, 2.75) is 24.7 Å². The smallest absolute Gasteiger partial charge is 0.330 e. The maximum absolute atomic E-state index is 10.9. The van der Waals surface area contributed by atoms with Gasteiger partial charge >= 0.3 is 5.97 Å². The highest BCUT2D eigenvalue weighted by Gasteiger charge is 1.97. The molecule has 142 valence electrons. The van der Waals surface area contributed by atoms with Crippen LogP contribution in [0.15, 0.2) is 60.0 Å². The van der Waals surface area contributed by atoms with Gasteiger partial charge in [0, 0.05) is 22.1 Å². The molecule has 0 spiro atoms. The molecule has 2 aromatic rings. The summed E-state index contributed by atoms with van der Waals surface area (Å²) < 4.78 is 10.6. The van der Waals surface area contributed by atoms with E-state index in [4.69, 9.17) is 9.47 Å². The Morgan fingerprint density at radius 2 is 1.68 bits per heavy atom. The third-order valence-electron chi connectivity index (χ3n) is 3.75. The molecule has 0 saturated heterocycles. The van der Waals surface area contributed by atoms with Gasteiger partial charge in [0.1, 0.15) is 5.75 Å². The van der Waals surface area contributed by atoms with Gasteiger partial charge in [0.25, 0.3) is 0 Å². The number of unbranched alkanes of at least 4 members (excludes halogenated alkanes) is 1. The van der Waals surface area contributed by atoms with Gasteiger partial charge in [0.15, 0.2) is 0 Å². The third-order valence-corrected chi connectivity index (χ3v) is 4.25. The molecule has 0 aliphatic rings. The lowest BCUT2D eigenvalue weighted by Gasteiger charge is -2.06. The molecule has 2 aromatic carbocycles. The lowest BCUT2D eigenvalue weighted by Crippen LogP contribution is -2.04. The zero-order valence-corrected chi connectivity index (χ0v) is 16.7. The van der Waals surface area contributed by atoms with Crippen LogP contribution in [0.2, 0.25) is 0 Å². The van der Waals surface area contributed by atoms with Crippen molar-refractivity contribution >= 4 is 18.6 Å². The lowest BCUT2D eigenvalue weighted by atomic mass is 10.1. The summed E-state index contributed by atoms with van der Waals surface area (Å²) in [6.07, 6.45) is 2.71. The normalized spacial score (nSPS) is 9.36.